The van der Waals surface area contributed by atoms with E-state index in [2.05, 4.69) is 39.0 Å². The zero-order valence-corrected chi connectivity index (χ0v) is 8.09. The summed E-state index contributed by atoms with van der Waals surface area (Å²) < 4.78 is 22.5. The van der Waals surface area contributed by atoms with E-state index < -0.39 is 0 Å². The molecule has 3 nitrogen and oxygen atoms in total. The molecule has 0 fully saturated rings. The van der Waals surface area contributed by atoms with E-state index in [0.29, 0.717) is 5.92 Å². The topological polar surface area (TPSA) is 59.7 Å². The van der Waals surface area contributed by atoms with Crippen molar-refractivity contribution >= 4 is 0 Å². The summed E-state index contributed by atoms with van der Waals surface area (Å²) in [6.45, 7) is 15.6. The van der Waals surface area contributed by atoms with Gasteiger partial charge in [0.15, 0.2) is 0 Å². The maximum atomic E-state index is 7.50. The predicted molar refractivity (Wildman–Crippen MR) is 37.9 cm³/mol. The smallest absolute Gasteiger partial charge is 0 e. The fourth-order valence-corrected chi connectivity index (χ4v) is 0.470. The van der Waals surface area contributed by atoms with Gasteiger partial charge in [-0.1, -0.05) is 12.8 Å². The molecule has 0 spiro atoms. The quantitative estimate of drug-likeness (QED) is 0.335. The fourth-order valence-electron chi connectivity index (χ4n) is 0.470. The molecule has 13 heavy (non-hydrogen) atoms. The normalized spacial score (nSPS) is 13.9. The van der Waals surface area contributed by atoms with Crippen molar-refractivity contribution in [2.24, 2.45) is 5.92 Å². The van der Waals surface area contributed by atoms with Gasteiger partial charge in [0.2, 0.25) is 0 Å². The van der Waals surface area contributed by atoms with Crippen molar-refractivity contribution < 1.29 is 31.0 Å². The molecule has 0 aliphatic heterocycles. The Hall–Kier alpha value is -0.781. The largest absolute Gasteiger partial charge is 0 e. The van der Waals surface area contributed by atoms with Crippen molar-refractivity contribution in [2.45, 2.75) is 6.92 Å². The molecule has 69 valence electrons. The Kier molecular flexibility index (Phi) is 53.1. The van der Waals surface area contributed by atoms with E-state index in [1.807, 2.05) is 12.2 Å². The van der Waals surface area contributed by atoms with Crippen LogP contribution in [0.1, 0.15) is 6.92 Å². The molecule has 1 atom stereocenters. The van der Waals surface area contributed by atoms with E-state index in [0.717, 1.165) is 0 Å². The van der Waals surface area contributed by atoms with Gasteiger partial charge in [0.25, 0.3) is 0 Å². The van der Waals surface area contributed by atoms with Crippen LogP contribution < -0.4 is 0 Å². The Balaban J connectivity index is -0.0000000508. The Morgan fingerprint density at radius 1 is 1.08 bits per heavy atom. The van der Waals surface area contributed by atoms with E-state index in [9.17, 15) is 0 Å². The van der Waals surface area contributed by atoms with Gasteiger partial charge in [0, 0.05) is 17.1 Å². The monoisotopic (exact) mass is 218 g/mol. The summed E-state index contributed by atoms with van der Waals surface area (Å²) in [4.78, 5) is 0. The van der Waals surface area contributed by atoms with Crippen LogP contribution >= 0.6 is 0 Å². The van der Waals surface area contributed by atoms with E-state index in [1.54, 1.807) is 0 Å². The van der Waals surface area contributed by atoms with Gasteiger partial charge >= 0.3 is 33.9 Å². The van der Waals surface area contributed by atoms with Crippen molar-refractivity contribution in [3.05, 3.63) is 44.3 Å². The Labute approximate surface area is 88.5 Å². The predicted octanol–water partition coefficient (Wildman–Crippen LogP) is 1.44. The molecule has 0 heterocycles. The van der Waals surface area contributed by atoms with Crippen LogP contribution in [0.5, 0.6) is 0 Å². The van der Waals surface area contributed by atoms with Gasteiger partial charge in [-0.25, -0.2) is 12.2 Å². The maximum Gasteiger partial charge on any atom is 0 e. The van der Waals surface area contributed by atoms with Crippen LogP contribution in [0.15, 0.2) is 18.2 Å². The van der Waals surface area contributed by atoms with Gasteiger partial charge in [-0.05, 0) is 0 Å². The molecule has 0 aromatic heterocycles. The summed E-state index contributed by atoms with van der Waals surface area (Å²) in [7, 11) is 0. The SMILES string of the molecule is CC1C=[C-]C=C1.[C-]#[O+].[C-]#[O+].[C-]#[O+].[Mn]. The summed E-state index contributed by atoms with van der Waals surface area (Å²) in [5.41, 5.74) is 0. The first kappa shape index (κ1) is 22.8. The van der Waals surface area contributed by atoms with E-state index >= 15 is 0 Å². The molecule has 0 bridgehead atoms. The second kappa shape index (κ2) is 30.3. The summed E-state index contributed by atoms with van der Waals surface area (Å²) in [5.74, 6) is 0.630. The van der Waals surface area contributed by atoms with Gasteiger partial charge in [-0.15, -0.1) is 0 Å². The van der Waals surface area contributed by atoms with E-state index in [-0.39, 0.29) is 17.1 Å². The molecule has 0 aromatic carbocycles. The molecule has 1 unspecified atom stereocenters. The first-order valence-electron chi connectivity index (χ1n) is 2.77. The van der Waals surface area contributed by atoms with Crippen molar-refractivity contribution in [2.75, 3.05) is 0 Å². The zero-order valence-electron chi connectivity index (χ0n) is 6.91. The van der Waals surface area contributed by atoms with Crippen LogP contribution in [0.25, 0.3) is 0 Å². The van der Waals surface area contributed by atoms with Crippen molar-refractivity contribution in [3.63, 3.8) is 0 Å². The summed E-state index contributed by atoms with van der Waals surface area (Å²) >= 11 is 0. The van der Waals surface area contributed by atoms with Crippen LogP contribution in [-0.4, -0.2) is 0 Å². The molecule has 4 heteroatoms. The summed E-state index contributed by atoms with van der Waals surface area (Å²) in [5, 5.41) is 0. The third-order valence-electron chi connectivity index (χ3n) is 0.855. The van der Waals surface area contributed by atoms with Gasteiger partial charge in [0.1, 0.15) is 0 Å². The minimum atomic E-state index is 0. The molecular weight excluding hydrogens is 211 g/mol. The fraction of sp³-hybridized carbons (Fsp3) is 0.222. The molecule has 0 N–H and O–H groups in total. The van der Waals surface area contributed by atoms with E-state index in [1.165, 1.54) is 0 Å². The molecular formula is C9H7MnO3-. The number of hydrogen-bond acceptors (Lipinski definition) is 0. The minimum absolute atomic E-state index is 0. The molecule has 0 aromatic rings. The zero-order chi connectivity index (χ0) is 10.4. The summed E-state index contributed by atoms with van der Waals surface area (Å²) in [6.07, 6.45) is 9.07. The second-order valence-electron chi connectivity index (χ2n) is 1.55. The third kappa shape index (κ3) is 24.7. The van der Waals surface area contributed by atoms with Gasteiger partial charge in [-0.2, -0.15) is 6.08 Å². The molecule has 0 amide bonds. The Morgan fingerprint density at radius 2 is 1.46 bits per heavy atom. The van der Waals surface area contributed by atoms with Crippen LogP contribution in [0, 0.1) is 31.9 Å². The van der Waals surface area contributed by atoms with Crippen LogP contribution in [0.3, 0.4) is 0 Å². The minimum Gasteiger partial charge on any atom is 0 e. The Morgan fingerprint density at radius 3 is 1.54 bits per heavy atom. The van der Waals surface area contributed by atoms with Gasteiger partial charge < -0.3 is 0 Å². The van der Waals surface area contributed by atoms with Crippen LogP contribution in [0.2, 0.25) is 0 Å². The van der Waals surface area contributed by atoms with Crippen molar-refractivity contribution in [1.29, 1.82) is 0 Å². The third-order valence-corrected chi connectivity index (χ3v) is 0.855. The number of hydrogen-bond donors (Lipinski definition) is 0. The molecule has 1 rings (SSSR count). The molecule has 1 aliphatic carbocycles. The van der Waals surface area contributed by atoms with Crippen LogP contribution in [-0.2, 0) is 31.0 Å². The average Bonchev–Trinajstić information content (AvgIpc) is 2.66. The van der Waals surface area contributed by atoms with Gasteiger partial charge in [-0.3, -0.25) is 6.08 Å². The second-order valence-corrected chi connectivity index (χ2v) is 1.55. The number of allylic oxidation sites excluding steroid dienone is 4. The Bertz CT molecular complexity index is 163. The number of rotatable bonds is 0. The van der Waals surface area contributed by atoms with Crippen molar-refractivity contribution in [1.82, 2.24) is 0 Å². The van der Waals surface area contributed by atoms with Crippen LogP contribution in [0.4, 0.5) is 0 Å². The molecule has 0 saturated carbocycles. The first-order chi connectivity index (χ1) is 5.89. The van der Waals surface area contributed by atoms with Gasteiger partial charge in [0.05, 0.1) is 0 Å². The molecule has 1 aliphatic rings. The van der Waals surface area contributed by atoms with E-state index in [4.69, 9.17) is 14.0 Å². The first-order valence-corrected chi connectivity index (χ1v) is 2.77. The average molecular weight is 218 g/mol. The standard InChI is InChI=1S/C6H7.3CO.Mn/c1-6-4-2-3-5-6;3*1-2;/h2,4-6H,1H3;;;;/q-1;;;;. The van der Waals surface area contributed by atoms with Crippen molar-refractivity contribution in [3.8, 4) is 0 Å². The maximum absolute atomic E-state index is 7.50. The summed E-state index contributed by atoms with van der Waals surface area (Å²) in [6, 6.07) is 0. The molecule has 1 radical (unpaired) electrons. The molecule has 0 saturated heterocycles.